The van der Waals surface area contributed by atoms with Crippen molar-refractivity contribution < 1.29 is 9.53 Å². The van der Waals surface area contributed by atoms with Gasteiger partial charge in [0.1, 0.15) is 0 Å². The molecule has 3 aliphatic rings. The van der Waals surface area contributed by atoms with E-state index in [0.29, 0.717) is 11.8 Å². The van der Waals surface area contributed by atoms with Gasteiger partial charge in [-0.05, 0) is 36.0 Å². The maximum Gasteiger partial charge on any atom is 0.344 e. The van der Waals surface area contributed by atoms with Gasteiger partial charge in [-0.2, -0.15) is 9.78 Å². The van der Waals surface area contributed by atoms with E-state index in [9.17, 15) is 4.79 Å². The monoisotopic (exact) mass is 395 g/mol. The van der Waals surface area contributed by atoms with Crippen molar-refractivity contribution in [2.75, 3.05) is 57.4 Å². The SMILES string of the molecule is Cc1cnn(C(=O)N2CC3CN(Cc4ccccc4N4CCOCC4)CC3C2)c1. The van der Waals surface area contributed by atoms with Gasteiger partial charge in [0, 0.05) is 57.7 Å². The molecule has 3 saturated heterocycles. The molecule has 1 amide bonds. The number of aromatic nitrogens is 2. The minimum absolute atomic E-state index is 0.0108. The van der Waals surface area contributed by atoms with Crippen molar-refractivity contribution in [2.45, 2.75) is 13.5 Å². The molecular weight excluding hydrogens is 366 g/mol. The molecule has 3 fully saturated rings. The Morgan fingerprint density at radius 1 is 1.10 bits per heavy atom. The Balaban J connectivity index is 1.21. The zero-order valence-corrected chi connectivity index (χ0v) is 17.0. The largest absolute Gasteiger partial charge is 0.378 e. The smallest absolute Gasteiger partial charge is 0.344 e. The van der Waals surface area contributed by atoms with Gasteiger partial charge in [0.2, 0.25) is 0 Å². The number of likely N-dealkylation sites (tertiary alicyclic amines) is 2. The molecule has 0 saturated carbocycles. The first kappa shape index (κ1) is 18.6. The molecule has 7 nitrogen and oxygen atoms in total. The first-order valence-corrected chi connectivity index (χ1v) is 10.6. The van der Waals surface area contributed by atoms with Crippen LogP contribution in [0.25, 0.3) is 0 Å². The molecule has 154 valence electrons. The maximum absolute atomic E-state index is 12.7. The zero-order valence-electron chi connectivity index (χ0n) is 17.0. The van der Waals surface area contributed by atoms with Crippen LogP contribution >= 0.6 is 0 Å². The molecule has 0 aliphatic carbocycles. The minimum Gasteiger partial charge on any atom is -0.378 e. The highest BCUT2D eigenvalue weighted by Crippen LogP contribution is 2.33. The second kappa shape index (κ2) is 7.80. The lowest BCUT2D eigenvalue weighted by Gasteiger charge is -2.31. The summed E-state index contributed by atoms with van der Waals surface area (Å²) in [7, 11) is 0. The van der Waals surface area contributed by atoms with Crippen molar-refractivity contribution in [3.05, 3.63) is 47.8 Å². The van der Waals surface area contributed by atoms with Gasteiger partial charge < -0.3 is 14.5 Å². The lowest BCUT2D eigenvalue weighted by Crippen LogP contribution is -2.37. The van der Waals surface area contributed by atoms with Crippen LogP contribution in [0.3, 0.4) is 0 Å². The van der Waals surface area contributed by atoms with Crippen LogP contribution < -0.4 is 4.90 Å². The third-order valence-corrected chi connectivity index (χ3v) is 6.48. The molecule has 2 aromatic rings. The summed E-state index contributed by atoms with van der Waals surface area (Å²) in [4.78, 5) is 19.7. The maximum atomic E-state index is 12.7. The Labute approximate surface area is 171 Å². The summed E-state index contributed by atoms with van der Waals surface area (Å²) in [5.74, 6) is 1.12. The minimum atomic E-state index is 0.0108. The summed E-state index contributed by atoms with van der Waals surface area (Å²) < 4.78 is 7.00. The van der Waals surface area contributed by atoms with Crippen molar-refractivity contribution in [1.82, 2.24) is 19.6 Å². The van der Waals surface area contributed by atoms with Crippen LogP contribution in [-0.4, -0.2) is 78.1 Å². The number of anilines is 1. The van der Waals surface area contributed by atoms with Crippen molar-refractivity contribution >= 4 is 11.7 Å². The molecule has 0 bridgehead atoms. The van der Waals surface area contributed by atoms with Gasteiger partial charge in [-0.1, -0.05) is 18.2 Å². The summed E-state index contributed by atoms with van der Waals surface area (Å²) in [5, 5.41) is 4.18. The van der Waals surface area contributed by atoms with Gasteiger partial charge in [-0.15, -0.1) is 0 Å². The number of fused-ring (bicyclic) bond motifs is 1. The van der Waals surface area contributed by atoms with Gasteiger partial charge in [0.15, 0.2) is 0 Å². The van der Waals surface area contributed by atoms with Crippen molar-refractivity contribution in [2.24, 2.45) is 11.8 Å². The van der Waals surface area contributed by atoms with Crippen LogP contribution in [0, 0.1) is 18.8 Å². The standard InChI is InChI=1S/C22H29N5O2/c1-17-10-23-27(11-17)22(28)26-15-19-13-24(14-20(19)16-26)12-18-4-2-3-5-21(18)25-6-8-29-9-7-25/h2-5,10-11,19-20H,6-9,12-16H2,1H3. The Morgan fingerprint density at radius 3 is 2.52 bits per heavy atom. The van der Waals surface area contributed by atoms with Crippen LogP contribution in [0.15, 0.2) is 36.7 Å². The predicted molar refractivity (Wildman–Crippen MR) is 111 cm³/mol. The average molecular weight is 396 g/mol. The number of para-hydroxylation sites is 1. The average Bonchev–Trinajstić information content (AvgIpc) is 3.43. The molecule has 7 heteroatoms. The van der Waals surface area contributed by atoms with E-state index in [2.05, 4.69) is 39.2 Å². The molecule has 0 radical (unpaired) electrons. The molecule has 1 aromatic carbocycles. The van der Waals surface area contributed by atoms with Crippen molar-refractivity contribution in [3.63, 3.8) is 0 Å². The molecule has 2 unspecified atom stereocenters. The molecule has 0 N–H and O–H groups in total. The fourth-order valence-electron chi connectivity index (χ4n) is 5.04. The van der Waals surface area contributed by atoms with Crippen LogP contribution in [0.4, 0.5) is 10.5 Å². The van der Waals surface area contributed by atoms with Crippen LogP contribution in [0.2, 0.25) is 0 Å². The van der Waals surface area contributed by atoms with Crippen molar-refractivity contribution in [1.29, 1.82) is 0 Å². The highest BCUT2D eigenvalue weighted by atomic mass is 16.5. The molecule has 3 aliphatic heterocycles. The van der Waals surface area contributed by atoms with Crippen LogP contribution in [-0.2, 0) is 11.3 Å². The van der Waals surface area contributed by atoms with E-state index in [1.807, 2.05) is 18.0 Å². The highest BCUT2D eigenvalue weighted by Gasteiger charge is 2.42. The van der Waals surface area contributed by atoms with Gasteiger partial charge in [-0.25, -0.2) is 4.79 Å². The highest BCUT2D eigenvalue weighted by molar-refractivity contribution is 5.76. The van der Waals surface area contributed by atoms with E-state index in [0.717, 1.165) is 64.6 Å². The predicted octanol–water partition coefficient (Wildman–Crippen LogP) is 2.06. The van der Waals surface area contributed by atoms with Crippen molar-refractivity contribution in [3.8, 4) is 0 Å². The molecular formula is C22H29N5O2. The van der Waals surface area contributed by atoms with E-state index in [4.69, 9.17) is 4.74 Å². The number of hydrogen-bond donors (Lipinski definition) is 0. The summed E-state index contributed by atoms with van der Waals surface area (Å²) in [6, 6.07) is 8.78. The van der Waals surface area contributed by atoms with E-state index < -0.39 is 0 Å². The Morgan fingerprint density at radius 2 is 1.83 bits per heavy atom. The molecule has 1 aromatic heterocycles. The quantitative estimate of drug-likeness (QED) is 0.796. The third-order valence-electron chi connectivity index (χ3n) is 6.48. The fourth-order valence-corrected chi connectivity index (χ4v) is 5.04. The first-order chi connectivity index (χ1) is 14.2. The summed E-state index contributed by atoms with van der Waals surface area (Å²) in [6.45, 7) is 10.3. The number of aryl methyl sites for hydroxylation is 1. The number of ether oxygens (including phenoxy) is 1. The van der Waals surface area contributed by atoms with E-state index in [1.54, 1.807) is 6.20 Å². The molecule has 2 atom stereocenters. The Hall–Kier alpha value is -2.38. The number of nitrogens with zero attached hydrogens (tertiary/aromatic N) is 5. The number of carbonyl (C=O) groups excluding carboxylic acids is 1. The Bertz CT molecular complexity index is 862. The van der Waals surface area contributed by atoms with Gasteiger partial charge in [0.25, 0.3) is 0 Å². The number of morpholine rings is 1. The third kappa shape index (κ3) is 3.76. The van der Waals surface area contributed by atoms with Crippen LogP contribution in [0.5, 0.6) is 0 Å². The molecule has 0 spiro atoms. The zero-order chi connectivity index (χ0) is 19.8. The topological polar surface area (TPSA) is 53.8 Å². The number of carbonyl (C=O) groups is 1. The van der Waals surface area contributed by atoms with E-state index >= 15 is 0 Å². The van der Waals surface area contributed by atoms with Crippen LogP contribution in [0.1, 0.15) is 11.1 Å². The number of benzene rings is 1. The molecule has 4 heterocycles. The number of hydrogen-bond acceptors (Lipinski definition) is 5. The summed E-state index contributed by atoms with van der Waals surface area (Å²) in [6.07, 6.45) is 3.55. The van der Waals surface area contributed by atoms with Gasteiger partial charge in [-0.3, -0.25) is 4.90 Å². The number of amides is 1. The fraction of sp³-hybridized carbons (Fsp3) is 0.545. The molecule has 5 rings (SSSR count). The van der Waals surface area contributed by atoms with E-state index in [1.165, 1.54) is 15.9 Å². The second-order valence-corrected chi connectivity index (χ2v) is 8.59. The lowest BCUT2D eigenvalue weighted by molar-refractivity contribution is 0.122. The summed E-state index contributed by atoms with van der Waals surface area (Å²) >= 11 is 0. The summed E-state index contributed by atoms with van der Waals surface area (Å²) in [5.41, 5.74) is 3.76. The lowest BCUT2D eigenvalue weighted by atomic mass is 10.0. The van der Waals surface area contributed by atoms with E-state index in [-0.39, 0.29) is 6.03 Å². The second-order valence-electron chi connectivity index (χ2n) is 8.59. The first-order valence-electron chi connectivity index (χ1n) is 10.6. The van der Waals surface area contributed by atoms with Gasteiger partial charge >= 0.3 is 6.03 Å². The number of rotatable bonds is 3. The molecule has 29 heavy (non-hydrogen) atoms. The Kier molecular flexibility index (Phi) is 5.01. The normalized spacial score (nSPS) is 24.9. The van der Waals surface area contributed by atoms with Gasteiger partial charge in [0.05, 0.1) is 19.4 Å².